The summed E-state index contributed by atoms with van der Waals surface area (Å²) in [6.45, 7) is 3.87. The molecule has 0 spiro atoms. The summed E-state index contributed by atoms with van der Waals surface area (Å²) >= 11 is 0. The maximum atomic E-state index is 13.3. The summed E-state index contributed by atoms with van der Waals surface area (Å²) in [5, 5.41) is 11.5. The lowest BCUT2D eigenvalue weighted by atomic mass is 10.1. The average molecular weight is 339 g/mol. The Hall–Kier alpha value is -1.40. The van der Waals surface area contributed by atoms with Crippen LogP contribution in [0, 0.1) is 13.8 Å². The van der Waals surface area contributed by atoms with Crippen molar-refractivity contribution in [3.63, 3.8) is 0 Å². The maximum absolute atomic E-state index is 13.3. The molecule has 1 aliphatic carbocycles. The number of carbonyl (C=O) groups is 1. The van der Waals surface area contributed by atoms with Gasteiger partial charge in [0, 0.05) is 13.2 Å². The average Bonchev–Trinajstić information content (AvgIpc) is 3.01. The fraction of sp³-hybridized carbons (Fsp3) is 0.588. The zero-order chi connectivity index (χ0) is 17.1. The normalized spacial score (nSPS) is 17.2. The summed E-state index contributed by atoms with van der Waals surface area (Å²) in [7, 11) is -3.76. The first kappa shape index (κ1) is 17.9. The van der Waals surface area contributed by atoms with Crippen LogP contribution in [0.5, 0.6) is 0 Å². The predicted octanol–water partition coefficient (Wildman–Crippen LogP) is 1.89. The van der Waals surface area contributed by atoms with E-state index in [1.165, 1.54) is 0 Å². The van der Waals surface area contributed by atoms with Gasteiger partial charge in [0.15, 0.2) is 14.6 Å². The summed E-state index contributed by atoms with van der Waals surface area (Å²) < 4.78 is 25.2. The van der Waals surface area contributed by atoms with Crippen LogP contribution in [0.4, 0.5) is 0 Å². The molecule has 23 heavy (non-hydrogen) atoms. The lowest BCUT2D eigenvalue weighted by molar-refractivity contribution is -0.123. The molecule has 0 radical (unpaired) electrons. The molecule has 0 unspecified atom stereocenters. The molecular weight excluding hydrogens is 314 g/mol. The fourth-order valence-corrected chi connectivity index (χ4v) is 5.61. The van der Waals surface area contributed by atoms with Crippen molar-refractivity contribution in [2.45, 2.75) is 55.6 Å². The molecule has 5 nitrogen and oxygen atoms in total. The number of aliphatic hydroxyl groups is 1. The number of hydrogen-bond donors (Lipinski definition) is 2. The summed E-state index contributed by atoms with van der Waals surface area (Å²) in [4.78, 5) is 12.9. The highest BCUT2D eigenvalue weighted by molar-refractivity contribution is 7.93. The minimum Gasteiger partial charge on any atom is -0.396 e. The molecule has 0 saturated heterocycles. The van der Waals surface area contributed by atoms with Crippen LogP contribution in [0.15, 0.2) is 23.1 Å². The van der Waals surface area contributed by atoms with Crippen molar-refractivity contribution in [1.29, 1.82) is 0 Å². The van der Waals surface area contributed by atoms with Gasteiger partial charge < -0.3 is 10.4 Å². The van der Waals surface area contributed by atoms with Crippen molar-refractivity contribution >= 4 is 15.7 Å². The van der Waals surface area contributed by atoms with Crippen molar-refractivity contribution in [1.82, 2.24) is 5.32 Å². The Bertz CT molecular complexity index is 676. The minimum atomic E-state index is -3.76. The molecule has 0 bridgehead atoms. The number of hydrogen-bond acceptors (Lipinski definition) is 4. The largest absolute Gasteiger partial charge is 0.396 e. The van der Waals surface area contributed by atoms with Gasteiger partial charge in [-0.3, -0.25) is 4.79 Å². The third-order valence-electron chi connectivity index (χ3n) is 4.59. The van der Waals surface area contributed by atoms with Gasteiger partial charge in [-0.25, -0.2) is 8.42 Å². The number of aryl methyl sites for hydroxylation is 2. The monoisotopic (exact) mass is 339 g/mol. The molecule has 1 aromatic carbocycles. The predicted molar refractivity (Wildman–Crippen MR) is 89.0 cm³/mol. The summed E-state index contributed by atoms with van der Waals surface area (Å²) in [6.07, 6.45) is 2.60. The number of aliphatic hydroxyl groups excluding tert-OH is 1. The van der Waals surface area contributed by atoms with Gasteiger partial charge >= 0.3 is 0 Å². The van der Waals surface area contributed by atoms with Crippen molar-refractivity contribution in [2.75, 3.05) is 13.2 Å². The first-order chi connectivity index (χ1) is 10.8. The Morgan fingerprint density at radius 1 is 1.26 bits per heavy atom. The fourth-order valence-electron chi connectivity index (χ4n) is 3.21. The SMILES string of the molecule is Cc1ccc(C)c(S(=O)(=O)C2(C(=O)NCCCO)CCCC2)c1. The number of amides is 1. The molecular formula is C17H25NO4S. The second kappa shape index (κ2) is 7.01. The molecule has 128 valence electrons. The number of sulfone groups is 1. The minimum absolute atomic E-state index is 0.0307. The van der Waals surface area contributed by atoms with Gasteiger partial charge in [-0.15, -0.1) is 0 Å². The van der Waals surface area contributed by atoms with Gasteiger partial charge in [0.2, 0.25) is 5.91 Å². The molecule has 0 aliphatic heterocycles. The van der Waals surface area contributed by atoms with Gasteiger partial charge in [0.1, 0.15) is 0 Å². The van der Waals surface area contributed by atoms with E-state index in [9.17, 15) is 13.2 Å². The van der Waals surface area contributed by atoms with Crippen molar-refractivity contribution < 1.29 is 18.3 Å². The second-order valence-corrected chi connectivity index (χ2v) is 8.54. The molecule has 0 heterocycles. The van der Waals surface area contributed by atoms with E-state index < -0.39 is 20.5 Å². The van der Waals surface area contributed by atoms with E-state index in [1.54, 1.807) is 19.1 Å². The van der Waals surface area contributed by atoms with Crippen LogP contribution >= 0.6 is 0 Å². The van der Waals surface area contributed by atoms with E-state index in [-0.39, 0.29) is 11.5 Å². The highest BCUT2D eigenvalue weighted by Crippen LogP contribution is 2.41. The summed E-state index contributed by atoms with van der Waals surface area (Å²) in [5.41, 5.74) is 1.54. The molecule has 1 fully saturated rings. The molecule has 1 saturated carbocycles. The Labute approximate surface area is 138 Å². The smallest absolute Gasteiger partial charge is 0.241 e. The van der Waals surface area contributed by atoms with Gasteiger partial charge in [-0.1, -0.05) is 25.0 Å². The Morgan fingerprint density at radius 2 is 1.91 bits per heavy atom. The van der Waals surface area contributed by atoms with Crippen LogP contribution in [0.3, 0.4) is 0 Å². The quantitative estimate of drug-likeness (QED) is 0.775. The number of carbonyl (C=O) groups excluding carboxylic acids is 1. The van der Waals surface area contributed by atoms with E-state index in [4.69, 9.17) is 5.11 Å². The topological polar surface area (TPSA) is 83.5 Å². The maximum Gasteiger partial charge on any atom is 0.241 e. The van der Waals surface area contributed by atoms with E-state index in [0.29, 0.717) is 31.4 Å². The first-order valence-corrected chi connectivity index (χ1v) is 9.54. The van der Waals surface area contributed by atoms with Crippen LogP contribution in [0.1, 0.15) is 43.2 Å². The third kappa shape index (κ3) is 3.28. The van der Waals surface area contributed by atoms with E-state index in [0.717, 1.165) is 18.4 Å². The van der Waals surface area contributed by atoms with Gasteiger partial charge in [-0.05, 0) is 50.3 Å². The summed E-state index contributed by atoms with van der Waals surface area (Å²) in [6, 6.07) is 5.32. The zero-order valence-corrected chi connectivity index (χ0v) is 14.6. The number of nitrogens with one attached hydrogen (secondary N) is 1. The van der Waals surface area contributed by atoms with Crippen molar-refractivity contribution in [3.8, 4) is 0 Å². The van der Waals surface area contributed by atoms with E-state index >= 15 is 0 Å². The van der Waals surface area contributed by atoms with Crippen LogP contribution in [-0.4, -0.2) is 37.3 Å². The lowest BCUT2D eigenvalue weighted by Gasteiger charge is -2.28. The molecule has 1 aliphatic rings. The standard InChI is InChI=1S/C17H25NO4S/c1-13-6-7-14(2)15(12-13)23(21,22)17(8-3-4-9-17)16(20)18-10-5-11-19/h6-7,12,19H,3-5,8-11H2,1-2H3,(H,18,20). The number of benzene rings is 1. The molecule has 0 atom stereocenters. The Balaban J connectivity index is 2.43. The van der Waals surface area contributed by atoms with Gasteiger partial charge in [-0.2, -0.15) is 0 Å². The third-order valence-corrected chi connectivity index (χ3v) is 7.23. The first-order valence-electron chi connectivity index (χ1n) is 8.06. The molecule has 6 heteroatoms. The molecule has 1 aromatic rings. The second-order valence-electron chi connectivity index (χ2n) is 6.31. The molecule has 0 aromatic heterocycles. The van der Waals surface area contributed by atoms with Crippen LogP contribution < -0.4 is 5.32 Å². The van der Waals surface area contributed by atoms with Crippen LogP contribution in [0.25, 0.3) is 0 Å². The molecule has 1 amide bonds. The van der Waals surface area contributed by atoms with Gasteiger partial charge in [0.05, 0.1) is 4.90 Å². The Kier molecular flexibility index (Phi) is 5.47. The molecule has 2 rings (SSSR count). The van der Waals surface area contributed by atoms with E-state index in [1.807, 2.05) is 13.0 Å². The highest BCUT2D eigenvalue weighted by Gasteiger charge is 2.53. The van der Waals surface area contributed by atoms with Crippen LogP contribution in [-0.2, 0) is 14.6 Å². The zero-order valence-electron chi connectivity index (χ0n) is 13.8. The van der Waals surface area contributed by atoms with Gasteiger partial charge in [0.25, 0.3) is 0 Å². The highest BCUT2D eigenvalue weighted by atomic mass is 32.2. The van der Waals surface area contributed by atoms with Crippen molar-refractivity contribution in [3.05, 3.63) is 29.3 Å². The van der Waals surface area contributed by atoms with E-state index in [2.05, 4.69) is 5.32 Å². The lowest BCUT2D eigenvalue weighted by Crippen LogP contribution is -2.51. The summed E-state index contributed by atoms with van der Waals surface area (Å²) in [5.74, 6) is -0.427. The Morgan fingerprint density at radius 3 is 2.52 bits per heavy atom. The molecule has 2 N–H and O–H groups in total. The number of rotatable bonds is 6. The van der Waals surface area contributed by atoms with Crippen molar-refractivity contribution in [2.24, 2.45) is 0 Å². The van der Waals surface area contributed by atoms with Crippen LogP contribution in [0.2, 0.25) is 0 Å².